The number of rotatable bonds is 4. The number of carbonyl (C=O) groups excluding carboxylic acids is 1. The number of amides is 1. The summed E-state index contributed by atoms with van der Waals surface area (Å²) in [6, 6.07) is 0.365. The zero-order valence-corrected chi connectivity index (χ0v) is 9.61. The molecule has 1 rings (SSSR count). The molecule has 3 N–H and O–H groups in total. The van der Waals surface area contributed by atoms with Gasteiger partial charge in [-0.15, -0.1) is 0 Å². The number of nitrogens with two attached hydrogens (primary N) is 1. The van der Waals surface area contributed by atoms with Gasteiger partial charge in [-0.3, -0.25) is 4.79 Å². The van der Waals surface area contributed by atoms with Crippen molar-refractivity contribution in [3.05, 3.63) is 0 Å². The van der Waals surface area contributed by atoms with Crippen LogP contribution in [0.1, 0.15) is 32.6 Å². The molecule has 0 heterocycles. The Morgan fingerprint density at radius 3 is 3.00 bits per heavy atom. The molecule has 1 fully saturated rings. The molecule has 0 aliphatic heterocycles. The first kappa shape index (κ1) is 11.9. The maximum absolute atomic E-state index is 11.1. The third kappa shape index (κ3) is 3.88. The maximum Gasteiger partial charge on any atom is 0.233 e. The summed E-state index contributed by atoms with van der Waals surface area (Å²) in [6.07, 6.45) is 4.76. The largest absolute Gasteiger partial charge is 0.352 e. The lowest BCUT2D eigenvalue weighted by molar-refractivity contribution is -0.120. The number of hydrogen-bond donors (Lipinski definition) is 2. The normalized spacial score (nSPS) is 27.3. The summed E-state index contributed by atoms with van der Waals surface area (Å²) in [5.74, 6) is 1.15. The van der Waals surface area contributed by atoms with Crippen molar-refractivity contribution in [2.45, 2.75) is 43.9 Å². The van der Waals surface area contributed by atoms with Crippen LogP contribution in [0, 0.1) is 0 Å². The van der Waals surface area contributed by atoms with Gasteiger partial charge in [0.25, 0.3) is 0 Å². The van der Waals surface area contributed by atoms with Crippen molar-refractivity contribution in [2.24, 2.45) is 5.73 Å². The van der Waals surface area contributed by atoms with E-state index in [9.17, 15) is 4.79 Å². The quantitative estimate of drug-likeness (QED) is 0.740. The van der Waals surface area contributed by atoms with Crippen LogP contribution in [0.15, 0.2) is 0 Å². The highest BCUT2D eigenvalue weighted by atomic mass is 32.2. The van der Waals surface area contributed by atoms with Crippen molar-refractivity contribution in [3.8, 4) is 0 Å². The van der Waals surface area contributed by atoms with Crippen LogP contribution in [0.25, 0.3) is 0 Å². The molecule has 1 aliphatic rings. The van der Waals surface area contributed by atoms with Gasteiger partial charge in [0.2, 0.25) is 5.91 Å². The highest BCUT2D eigenvalue weighted by Crippen LogP contribution is 2.28. The summed E-state index contributed by atoms with van der Waals surface area (Å²) in [5.41, 5.74) is 5.27. The maximum atomic E-state index is 11.1. The Morgan fingerprint density at radius 1 is 1.57 bits per heavy atom. The molecule has 1 saturated carbocycles. The van der Waals surface area contributed by atoms with Gasteiger partial charge in [-0.2, -0.15) is 11.8 Å². The third-order valence-corrected chi connectivity index (χ3v) is 3.81. The molecule has 2 unspecified atom stereocenters. The number of thioether (sulfide) groups is 1. The van der Waals surface area contributed by atoms with E-state index in [1.807, 2.05) is 11.8 Å². The van der Waals surface area contributed by atoms with Crippen LogP contribution < -0.4 is 11.1 Å². The summed E-state index contributed by atoms with van der Waals surface area (Å²) < 4.78 is 0. The SMILES string of the molecule is CCSC1CCCC(NC(=O)CN)C1. The van der Waals surface area contributed by atoms with Crippen LogP contribution in [0.2, 0.25) is 0 Å². The predicted octanol–water partition coefficient (Wildman–Crippen LogP) is 1.13. The van der Waals surface area contributed by atoms with Gasteiger partial charge in [-0.25, -0.2) is 0 Å². The van der Waals surface area contributed by atoms with Gasteiger partial charge in [-0.1, -0.05) is 13.3 Å². The monoisotopic (exact) mass is 216 g/mol. The third-order valence-electron chi connectivity index (χ3n) is 2.58. The molecule has 1 amide bonds. The van der Waals surface area contributed by atoms with Crippen molar-refractivity contribution >= 4 is 17.7 Å². The lowest BCUT2D eigenvalue weighted by Crippen LogP contribution is -2.41. The number of carbonyl (C=O) groups is 1. The van der Waals surface area contributed by atoms with E-state index in [1.54, 1.807) is 0 Å². The molecule has 0 aromatic carbocycles. The van der Waals surface area contributed by atoms with Crippen molar-refractivity contribution in [1.82, 2.24) is 5.32 Å². The van der Waals surface area contributed by atoms with E-state index in [0.29, 0.717) is 6.04 Å². The van der Waals surface area contributed by atoms with Crippen LogP contribution in [0.5, 0.6) is 0 Å². The van der Waals surface area contributed by atoms with Crippen molar-refractivity contribution in [3.63, 3.8) is 0 Å². The highest BCUT2D eigenvalue weighted by Gasteiger charge is 2.22. The van der Waals surface area contributed by atoms with E-state index in [2.05, 4.69) is 12.2 Å². The van der Waals surface area contributed by atoms with Gasteiger partial charge in [0.1, 0.15) is 0 Å². The summed E-state index contributed by atoms with van der Waals surface area (Å²) in [7, 11) is 0. The summed E-state index contributed by atoms with van der Waals surface area (Å²) in [5, 5.41) is 3.71. The first-order valence-electron chi connectivity index (χ1n) is 5.37. The molecule has 2 atom stereocenters. The Bertz CT molecular complexity index is 185. The fourth-order valence-electron chi connectivity index (χ4n) is 1.95. The Balaban J connectivity index is 2.28. The van der Waals surface area contributed by atoms with Crippen LogP contribution in [-0.2, 0) is 4.79 Å². The van der Waals surface area contributed by atoms with Crippen LogP contribution in [-0.4, -0.2) is 29.5 Å². The topological polar surface area (TPSA) is 55.1 Å². The molecule has 14 heavy (non-hydrogen) atoms. The number of nitrogens with one attached hydrogen (secondary N) is 1. The Kier molecular flexibility index (Phi) is 5.33. The van der Waals surface area contributed by atoms with E-state index in [-0.39, 0.29) is 12.5 Å². The Labute approximate surface area is 90.2 Å². The second-order valence-electron chi connectivity index (χ2n) is 3.71. The molecule has 0 saturated heterocycles. The summed E-state index contributed by atoms with van der Waals surface area (Å²) in [6.45, 7) is 2.30. The van der Waals surface area contributed by atoms with Crippen LogP contribution in [0.3, 0.4) is 0 Å². The van der Waals surface area contributed by atoms with Gasteiger partial charge in [-0.05, 0) is 25.0 Å². The van der Waals surface area contributed by atoms with E-state index >= 15 is 0 Å². The molecule has 0 aromatic rings. The molecule has 4 heteroatoms. The lowest BCUT2D eigenvalue weighted by Gasteiger charge is -2.29. The van der Waals surface area contributed by atoms with Gasteiger partial charge in [0.05, 0.1) is 6.54 Å². The molecule has 0 spiro atoms. The van der Waals surface area contributed by atoms with Crippen molar-refractivity contribution in [2.75, 3.05) is 12.3 Å². The van der Waals surface area contributed by atoms with Crippen molar-refractivity contribution < 1.29 is 4.79 Å². The standard InChI is InChI=1S/C10H20N2OS/c1-2-14-9-5-3-4-8(6-9)12-10(13)7-11/h8-9H,2-7,11H2,1H3,(H,12,13). The van der Waals surface area contributed by atoms with E-state index in [1.165, 1.54) is 18.6 Å². The van der Waals surface area contributed by atoms with E-state index in [0.717, 1.165) is 18.1 Å². The average molecular weight is 216 g/mol. The zero-order chi connectivity index (χ0) is 10.4. The van der Waals surface area contributed by atoms with Gasteiger partial charge in [0.15, 0.2) is 0 Å². The lowest BCUT2D eigenvalue weighted by atomic mass is 9.95. The van der Waals surface area contributed by atoms with Gasteiger partial charge in [0, 0.05) is 11.3 Å². The Morgan fingerprint density at radius 2 is 2.36 bits per heavy atom. The molecule has 1 aliphatic carbocycles. The zero-order valence-electron chi connectivity index (χ0n) is 8.79. The first-order valence-corrected chi connectivity index (χ1v) is 6.42. The minimum absolute atomic E-state index is 0.0165. The second-order valence-corrected chi connectivity index (χ2v) is 5.29. The van der Waals surface area contributed by atoms with Crippen LogP contribution >= 0.6 is 11.8 Å². The molecule has 0 bridgehead atoms. The smallest absolute Gasteiger partial charge is 0.233 e. The second kappa shape index (κ2) is 6.30. The Hall–Kier alpha value is -0.220. The molecule has 0 radical (unpaired) electrons. The molecule has 0 aromatic heterocycles. The van der Waals surface area contributed by atoms with Gasteiger partial charge < -0.3 is 11.1 Å². The van der Waals surface area contributed by atoms with Crippen molar-refractivity contribution in [1.29, 1.82) is 0 Å². The fourth-order valence-corrected chi connectivity index (χ4v) is 3.12. The van der Waals surface area contributed by atoms with Crippen LogP contribution in [0.4, 0.5) is 0 Å². The predicted molar refractivity (Wildman–Crippen MR) is 61.4 cm³/mol. The summed E-state index contributed by atoms with van der Waals surface area (Å²) in [4.78, 5) is 11.1. The molecule has 82 valence electrons. The molecular weight excluding hydrogens is 196 g/mol. The average Bonchev–Trinajstić information content (AvgIpc) is 2.19. The minimum atomic E-state index is -0.0165. The number of hydrogen-bond acceptors (Lipinski definition) is 3. The van der Waals surface area contributed by atoms with Gasteiger partial charge >= 0.3 is 0 Å². The molecule has 3 nitrogen and oxygen atoms in total. The fraction of sp³-hybridized carbons (Fsp3) is 0.900. The molecular formula is C10H20N2OS. The summed E-state index contributed by atoms with van der Waals surface area (Å²) >= 11 is 2.01. The van der Waals surface area contributed by atoms with E-state index in [4.69, 9.17) is 5.73 Å². The first-order chi connectivity index (χ1) is 6.76. The van der Waals surface area contributed by atoms with E-state index < -0.39 is 0 Å². The highest BCUT2D eigenvalue weighted by molar-refractivity contribution is 7.99. The minimum Gasteiger partial charge on any atom is -0.352 e.